The predicted octanol–water partition coefficient (Wildman–Crippen LogP) is 2.52. The molecule has 5 heteroatoms. The van der Waals surface area contributed by atoms with Gasteiger partial charge in [-0.2, -0.15) is 0 Å². The third-order valence-electron chi connectivity index (χ3n) is 2.64. The molecular formula is C12H21ClN2OS. The topological polar surface area (TPSA) is 36.4 Å². The quantitative estimate of drug-likeness (QED) is 0.556. The molecule has 0 aromatic carbocycles. The second-order valence-corrected chi connectivity index (χ2v) is 5.41. The van der Waals surface area contributed by atoms with E-state index in [-0.39, 0.29) is 0 Å². The zero-order valence-corrected chi connectivity index (χ0v) is 11.9. The van der Waals surface area contributed by atoms with E-state index in [1.807, 2.05) is 5.38 Å². The van der Waals surface area contributed by atoms with Gasteiger partial charge >= 0.3 is 0 Å². The molecule has 0 aliphatic rings. The van der Waals surface area contributed by atoms with Crippen LogP contribution in [-0.4, -0.2) is 41.7 Å². The number of rotatable bonds is 9. The van der Waals surface area contributed by atoms with Crippen molar-refractivity contribution >= 4 is 22.9 Å². The number of alkyl halides is 1. The summed E-state index contributed by atoms with van der Waals surface area (Å²) in [5.74, 6) is 0.507. The minimum atomic E-state index is 0.310. The second-order valence-electron chi connectivity index (χ2n) is 4.20. The molecule has 3 nitrogen and oxygen atoms in total. The van der Waals surface area contributed by atoms with Crippen LogP contribution in [-0.2, 0) is 12.3 Å². The van der Waals surface area contributed by atoms with Crippen LogP contribution in [0.4, 0.5) is 0 Å². The van der Waals surface area contributed by atoms with Gasteiger partial charge in [0.15, 0.2) is 0 Å². The maximum absolute atomic E-state index is 8.68. The molecule has 0 unspecified atom stereocenters. The first-order valence-corrected chi connectivity index (χ1v) is 7.46. The van der Waals surface area contributed by atoms with Crippen LogP contribution < -0.4 is 0 Å². The molecule has 0 radical (unpaired) electrons. The van der Waals surface area contributed by atoms with Crippen LogP contribution in [0.25, 0.3) is 0 Å². The molecule has 1 N–H and O–H groups in total. The maximum Gasteiger partial charge on any atom is 0.0941 e. The number of halogens is 1. The second kappa shape index (κ2) is 8.86. The highest BCUT2D eigenvalue weighted by atomic mass is 35.5. The fourth-order valence-corrected chi connectivity index (χ4v) is 2.61. The monoisotopic (exact) mass is 276 g/mol. The van der Waals surface area contributed by atoms with Crippen LogP contribution in [0.5, 0.6) is 0 Å². The average Bonchev–Trinajstić information content (AvgIpc) is 2.80. The summed E-state index contributed by atoms with van der Waals surface area (Å²) < 4.78 is 0. The van der Waals surface area contributed by atoms with Gasteiger partial charge in [-0.3, -0.25) is 0 Å². The molecule has 0 atom stereocenters. The maximum atomic E-state index is 8.68. The number of nitrogens with zero attached hydrogens (tertiary/aromatic N) is 2. The van der Waals surface area contributed by atoms with E-state index in [0.717, 1.165) is 44.5 Å². The van der Waals surface area contributed by atoms with Crippen molar-refractivity contribution in [1.82, 2.24) is 9.88 Å². The van der Waals surface area contributed by atoms with Crippen LogP contribution in [0.15, 0.2) is 5.38 Å². The van der Waals surface area contributed by atoms with Crippen LogP contribution in [0.1, 0.15) is 30.0 Å². The number of unbranched alkanes of at least 4 members (excludes halogenated alkanes) is 2. The molecule has 17 heavy (non-hydrogen) atoms. The number of likely N-dealkylation sites (N-methyl/N-ethyl adjacent to an activating group) is 1. The molecule has 0 aliphatic heterocycles. The van der Waals surface area contributed by atoms with Gasteiger partial charge in [0.05, 0.1) is 16.6 Å². The summed E-state index contributed by atoms with van der Waals surface area (Å²) in [5.41, 5.74) is 0.984. The average molecular weight is 277 g/mol. The molecule has 1 heterocycles. The highest BCUT2D eigenvalue weighted by molar-refractivity contribution is 7.09. The number of hydrogen-bond acceptors (Lipinski definition) is 4. The first-order chi connectivity index (χ1) is 8.26. The van der Waals surface area contributed by atoms with Crippen molar-refractivity contribution in [1.29, 1.82) is 0 Å². The lowest BCUT2D eigenvalue weighted by molar-refractivity contribution is 0.273. The number of aliphatic hydroxyl groups excluding tert-OH is 1. The first-order valence-electron chi connectivity index (χ1n) is 6.05. The zero-order chi connectivity index (χ0) is 12.5. The molecule has 0 saturated carbocycles. The van der Waals surface area contributed by atoms with Crippen LogP contribution >= 0.6 is 22.9 Å². The molecule has 98 valence electrons. The Bertz CT molecular complexity index is 306. The van der Waals surface area contributed by atoms with Crippen LogP contribution in [0.3, 0.4) is 0 Å². The summed E-state index contributed by atoms with van der Waals surface area (Å²) in [4.78, 5) is 6.76. The van der Waals surface area contributed by atoms with Gasteiger partial charge in [-0.15, -0.1) is 22.9 Å². The van der Waals surface area contributed by atoms with E-state index in [9.17, 15) is 0 Å². The Morgan fingerprint density at radius 1 is 1.35 bits per heavy atom. The summed E-state index contributed by atoms with van der Waals surface area (Å²) in [7, 11) is 2.13. The lowest BCUT2D eigenvalue weighted by atomic mass is 10.2. The van der Waals surface area contributed by atoms with Gasteiger partial charge in [0.2, 0.25) is 0 Å². The standard InChI is InChI=1S/C12H21ClN2OS/c1-15(6-3-2-4-8-16)7-5-12-14-11(9-13)10-17-12/h10,16H,2-9H2,1H3. The third-order valence-corrected chi connectivity index (χ3v) is 3.87. The molecule has 1 aromatic rings. The molecule has 0 saturated heterocycles. The number of aliphatic hydroxyl groups is 1. The minimum absolute atomic E-state index is 0.310. The fourth-order valence-electron chi connectivity index (χ4n) is 1.59. The molecule has 0 aliphatic carbocycles. The molecular weight excluding hydrogens is 256 g/mol. The molecule has 0 fully saturated rings. The highest BCUT2D eigenvalue weighted by Gasteiger charge is 2.03. The van der Waals surface area contributed by atoms with Crippen molar-refractivity contribution in [3.05, 3.63) is 16.1 Å². The third kappa shape index (κ3) is 6.36. The van der Waals surface area contributed by atoms with Crippen molar-refractivity contribution in [3.8, 4) is 0 Å². The Morgan fingerprint density at radius 2 is 2.18 bits per heavy atom. The Hall–Kier alpha value is -0.160. The number of aromatic nitrogens is 1. The van der Waals surface area contributed by atoms with E-state index in [1.165, 1.54) is 5.01 Å². The van der Waals surface area contributed by atoms with Crippen molar-refractivity contribution in [2.75, 3.05) is 26.7 Å². The van der Waals surface area contributed by atoms with E-state index in [2.05, 4.69) is 16.9 Å². The Morgan fingerprint density at radius 3 is 2.82 bits per heavy atom. The number of hydrogen-bond donors (Lipinski definition) is 1. The molecule has 1 aromatic heterocycles. The van der Waals surface area contributed by atoms with Crippen LogP contribution in [0, 0.1) is 0 Å². The van der Waals surface area contributed by atoms with E-state index in [4.69, 9.17) is 16.7 Å². The van der Waals surface area contributed by atoms with Crippen molar-refractivity contribution in [2.45, 2.75) is 31.6 Å². The van der Waals surface area contributed by atoms with Crippen molar-refractivity contribution in [2.24, 2.45) is 0 Å². The van der Waals surface area contributed by atoms with Crippen molar-refractivity contribution in [3.63, 3.8) is 0 Å². The van der Waals surface area contributed by atoms with E-state index < -0.39 is 0 Å². The van der Waals surface area contributed by atoms with Gasteiger partial charge in [0, 0.05) is 25.0 Å². The summed E-state index contributed by atoms with van der Waals surface area (Å²) in [6.07, 6.45) is 4.17. The van der Waals surface area contributed by atoms with Gasteiger partial charge in [-0.25, -0.2) is 4.98 Å². The van der Waals surface area contributed by atoms with Gasteiger partial charge in [-0.1, -0.05) is 0 Å². The summed E-state index contributed by atoms with van der Waals surface area (Å²) in [5, 5.41) is 11.9. The normalized spacial score (nSPS) is 11.3. The Kier molecular flexibility index (Phi) is 7.77. The summed E-state index contributed by atoms with van der Waals surface area (Å²) >= 11 is 7.41. The predicted molar refractivity (Wildman–Crippen MR) is 73.8 cm³/mol. The fraction of sp³-hybridized carbons (Fsp3) is 0.750. The summed E-state index contributed by atoms with van der Waals surface area (Å²) in [6.45, 7) is 2.44. The zero-order valence-electron chi connectivity index (χ0n) is 10.4. The van der Waals surface area contributed by atoms with Crippen LogP contribution in [0.2, 0.25) is 0 Å². The number of thiazole rings is 1. The van der Waals surface area contributed by atoms with Gasteiger partial charge in [0.25, 0.3) is 0 Å². The SMILES string of the molecule is CN(CCCCCO)CCc1nc(CCl)cs1. The Labute approximate surface area is 112 Å². The summed E-state index contributed by atoms with van der Waals surface area (Å²) in [6, 6.07) is 0. The molecule has 0 spiro atoms. The Balaban J connectivity index is 2.12. The van der Waals surface area contributed by atoms with Gasteiger partial charge in [0.1, 0.15) is 0 Å². The van der Waals surface area contributed by atoms with E-state index in [1.54, 1.807) is 11.3 Å². The first kappa shape index (κ1) is 14.9. The molecule has 1 rings (SSSR count). The molecule has 0 bridgehead atoms. The van der Waals surface area contributed by atoms with Crippen molar-refractivity contribution < 1.29 is 5.11 Å². The largest absolute Gasteiger partial charge is 0.396 e. The van der Waals surface area contributed by atoms with E-state index in [0.29, 0.717) is 12.5 Å². The van der Waals surface area contributed by atoms with E-state index >= 15 is 0 Å². The lowest BCUT2D eigenvalue weighted by Crippen LogP contribution is -2.22. The minimum Gasteiger partial charge on any atom is -0.396 e. The smallest absolute Gasteiger partial charge is 0.0941 e. The lowest BCUT2D eigenvalue weighted by Gasteiger charge is -2.15. The highest BCUT2D eigenvalue weighted by Crippen LogP contribution is 2.12. The van der Waals surface area contributed by atoms with Gasteiger partial charge < -0.3 is 10.0 Å². The molecule has 0 amide bonds. The van der Waals surface area contributed by atoms with Gasteiger partial charge in [-0.05, 0) is 32.9 Å².